The van der Waals surface area contributed by atoms with Crippen molar-refractivity contribution in [3.63, 3.8) is 0 Å². The molecule has 0 aliphatic rings. The lowest BCUT2D eigenvalue weighted by molar-refractivity contribution is -0.152. The van der Waals surface area contributed by atoms with Gasteiger partial charge in [0, 0.05) is 6.61 Å². The summed E-state index contributed by atoms with van der Waals surface area (Å²) in [4.78, 5) is 11.8. The molecule has 0 amide bonds. The van der Waals surface area contributed by atoms with Gasteiger partial charge in [0.2, 0.25) is 0 Å². The SMILES string of the molecule is CCCCOCCOC(=O)C(C)Oc1ccccc1C#N. The van der Waals surface area contributed by atoms with Gasteiger partial charge in [-0.2, -0.15) is 5.26 Å². The quantitative estimate of drug-likeness (QED) is 0.517. The molecule has 0 aromatic heterocycles. The third kappa shape index (κ3) is 6.28. The van der Waals surface area contributed by atoms with Gasteiger partial charge in [-0.1, -0.05) is 25.5 Å². The Balaban J connectivity index is 2.33. The zero-order valence-corrected chi connectivity index (χ0v) is 12.5. The lowest BCUT2D eigenvalue weighted by Crippen LogP contribution is -2.27. The van der Waals surface area contributed by atoms with Crippen molar-refractivity contribution in [1.29, 1.82) is 5.26 Å². The second-order valence-corrected chi connectivity index (χ2v) is 4.50. The highest BCUT2D eigenvalue weighted by atomic mass is 16.6. The van der Waals surface area contributed by atoms with E-state index in [4.69, 9.17) is 19.5 Å². The zero-order valence-electron chi connectivity index (χ0n) is 12.5. The van der Waals surface area contributed by atoms with Crippen LogP contribution in [0.5, 0.6) is 5.75 Å². The molecule has 0 fully saturated rings. The number of hydrogen-bond donors (Lipinski definition) is 0. The molecule has 21 heavy (non-hydrogen) atoms. The minimum absolute atomic E-state index is 0.205. The van der Waals surface area contributed by atoms with E-state index in [1.54, 1.807) is 31.2 Å². The summed E-state index contributed by atoms with van der Waals surface area (Å²) in [6.07, 6.45) is 1.30. The van der Waals surface area contributed by atoms with Crippen molar-refractivity contribution in [2.24, 2.45) is 0 Å². The van der Waals surface area contributed by atoms with E-state index in [0.717, 1.165) is 12.8 Å². The number of benzene rings is 1. The number of carbonyl (C=O) groups excluding carboxylic acids is 1. The lowest BCUT2D eigenvalue weighted by Gasteiger charge is -2.14. The second-order valence-electron chi connectivity index (χ2n) is 4.50. The molecule has 0 spiro atoms. The first-order valence-electron chi connectivity index (χ1n) is 7.09. The molecule has 0 bridgehead atoms. The molecule has 114 valence electrons. The van der Waals surface area contributed by atoms with Gasteiger partial charge in [-0.05, 0) is 25.5 Å². The van der Waals surface area contributed by atoms with Crippen molar-refractivity contribution in [1.82, 2.24) is 0 Å². The lowest BCUT2D eigenvalue weighted by atomic mass is 10.2. The van der Waals surface area contributed by atoms with Crippen LogP contribution in [0.25, 0.3) is 0 Å². The van der Waals surface area contributed by atoms with Crippen LogP contribution in [-0.4, -0.2) is 31.9 Å². The maximum atomic E-state index is 11.8. The number of rotatable bonds is 9. The summed E-state index contributed by atoms with van der Waals surface area (Å²) in [7, 11) is 0. The number of nitrogens with zero attached hydrogens (tertiary/aromatic N) is 1. The molecular formula is C16H21NO4. The van der Waals surface area contributed by atoms with Crippen molar-refractivity contribution < 1.29 is 19.0 Å². The largest absolute Gasteiger partial charge is 0.478 e. The Hall–Kier alpha value is -2.06. The molecule has 0 radical (unpaired) electrons. The molecule has 0 heterocycles. The first-order chi connectivity index (χ1) is 10.2. The summed E-state index contributed by atoms with van der Waals surface area (Å²) < 4.78 is 15.8. The summed E-state index contributed by atoms with van der Waals surface area (Å²) >= 11 is 0. The minimum atomic E-state index is -0.768. The van der Waals surface area contributed by atoms with Crippen LogP contribution >= 0.6 is 0 Å². The topological polar surface area (TPSA) is 68.6 Å². The van der Waals surface area contributed by atoms with Gasteiger partial charge in [0.05, 0.1) is 12.2 Å². The summed E-state index contributed by atoms with van der Waals surface area (Å²) in [5.74, 6) is -0.0921. The van der Waals surface area contributed by atoms with Crippen LogP contribution in [0.2, 0.25) is 0 Å². The first-order valence-corrected chi connectivity index (χ1v) is 7.09. The van der Waals surface area contributed by atoms with Crippen LogP contribution in [-0.2, 0) is 14.3 Å². The van der Waals surface area contributed by atoms with Crippen LogP contribution in [0.1, 0.15) is 32.3 Å². The van der Waals surface area contributed by atoms with Crippen molar-refractivity contribution >= 4 is 5.97 Å². The molecule has 0 aliphatic carbocycles. The van der Waals surface area contributed by atoms with Crippen LogP contribution in [0, 0.1) is 11.3 Å². The Labute approximate surface area is 125 Å². The normalized spacial score (nSPS) is 11.5. The van der Waals surface area contributed by atoms with Crippen molar-refractivity contribution in [2.75, 3.05) is 19.8 Å². The van der Waals surface area contributed by atoms with E-state index in [-0.39, 0.29) is 6.61 Å². The Morgan fingerprint density at radius 3 is 2.76 bits per heavy atom. The Morgan fingerprint density at radius 2 is 2.05 bits per heavy atom. The third-order valence-corrected chi connectivity index (χ3v) is 2.76. The molecular weight excluding hydrogens is 270 g/mol. The van der Waals surface area contributed by atoms with E-state index in [1.165, 1.54) is 0 Å². The Bertz CT molecular complexity index is 481. The van der Waals surface area contributed by atoms with Gasteiger partial charge in [0.1, 0.15) is 18.4 Å². The summed E-state index contributed by atoms with van der Waals surface area (Å²) in [6, 6.07) is 8.78. The number of nitriles is 1. The standard InChI is InChI=1S/C16H21NO4/c1-3-4-9-19-10-11-20-16(18)13(2)21-15-8-6-5-7-14(15)12-17/h5-8,13H,3-4,9-11H2,1-2H3. The van der Waals surface area contributed by atoms with Crippen molar-refractivity contribution in [3.8, 4) is 11.8 Å². The molecule has 1 atom stereocenters. The minimum Gasteiger partial charge on any atom is -0.478 e. The highest BCUT2D eigenvalue weighted by Crippen LogP contribution is 2.18. The number of para-hydroxylation sites is 1. The smallest absolute Gasteiger partial charge is 0.347 e. The Kier molecular flexibility index (Phi) is 7.92. The predicted octanol–water partition coefficient (Wildman–Crippen LogP) is 2.69. The monoisotopic (exact) mass is 291 g/mol. The molecule has 1 rings (SSSR count). The maximum Gasteiger partial charge on any atom is 0.347 e. The van der Waals surface area contributed by atoms with Gasteiger partial charge in [-0.15, -0.1) is 0 Å². The van der Waals surface area contributed by atoms with E-state index < -0.39 is 12.1 Å². The van der Waals surface area contributed by atoms with E-state index >= 15 is 0 Å². The summed E-state index contributed by atoms with van der Waals surface area (Å²) in [5, 5.41) is 8.95. The summed E-state index contributed by atoms with van der Waals surface area (Å²) in [6.45, 7) is 4.94. The predicted molar refractivity (Wildman–Crippen MR) is 77.9 cm³/mol. The molecule has 0 N–H and O–H groups in total. The van der Waals surface area contributed by atoms with E-state index in [1.807, 2.05) is 6.07 Å². The molecule has 5 nitrogen and oxygen atoms in total. The fourth-order valence-corrected chi connectivity index (χ4v) is 1.57. The average Bonchev–Trinajstić information content (AvgIpc) is 2.51. The number of esters is 1. The molecule has 5 heteroatoms. The number of ether oxygens (including phenoxy) is 3. The third-order valence-electron chi connectivity index (χ3n) is 2.76. The average molecular weight is 291 g/mol. The van der Waals surface area contributed by atoms with Crippen LogP contribution in [0.4, 0.5) is 0 Å². The van der Waals surface area contributed by atoms with Gasteiger partial charge < -0.3 is 14.2 Å². The van der Waals surface area contributed by atoms with Crippen LogP contribution in [0.3, 0.4) is 0 Å². The van der Waals surface area contributed by atoms with Gasteiger partial charge in [-0.3, -0.25) is 0 Å². The van der Waals surface area contributed by atoms with E-state index in [0.29, 0.717) is 24.5 Å². The fourth-order valence-electron chi connectivity index (χ4n) is 1.57. The Morgan fingerprint density at radius 1 is 1.29 bits per heavy atom. The maximum absolute atomic E-state index is 11.8. The van der Waals surface area contributed by atoms with Crippen LogP contribution < -0.4 is 4.74 Å². The molecule has 0 saturated heterocycles. The zero-order chi connectivity index (χ0) is 15.5. The van der Waals surface area contributed by atoms with Gasteiger partial charge in [0.25, 0.3) is 0 Å². The second kappa shape index (κ2) is 9.78. The van der Waals surface area contributed by atoms with Gasteiger partial charge in [-0.25, -0.2) is 4.79 Å². The summed E-state index contributed by atoms with van der Waals surface area (Å²) in [5.41, 5.74) is 0.389. The van der Waals surface area contributed by atoms with E-state index in [2.05, 4.69) is 6.92 Å². The number of carbonyl (C=O) groups is 1. The number of unbranched alkanes of at least 4 members (excludes halogenated alkanes) is 1. The van der Waals surface area contributed by atoms with Crippen LogP contribution in [0.15, 0.2) is 24.3 Å². The molecule has 1 aromatic carbocycles. The number of hydrogen-bond acceptors (Lipinski definition) is 5. The van der Waals surface area contributed by atoms with Crippen molar-refractivity contribution in [3.05, 3.63) is 29.8 Å². The molecule has 0 aliphatic heterocycles. The van der Waals surface area contributed by atoms with E-state index in [9.17, 15) is 4.79 Å². The molecule has 0 saturated carbocycles. The highest BCUT2D eigenvalue weighted by molar-refractivity contribution is 5.74. The fraction of sp³-hybridized carbons (Fsp3) is 0.500. The molecule has 1 aromatic rings. The van der Waals surface area contributed by atoms with Gasteiger partial charge >= 0.3 is 5.97 Å². The molecule has 1 unspecified atom stereocenters. The van der Waals surface area contributed by atoms with Crippen molar-refractivity contribution in [2.45, 2.75) is 32.8 Å². The first kappa shape index (κ1) is 17.0. The van der Waals surface area contributed by atoms with Gasteiger partial charge in [0.15, 0.2) is 6.10 Å². The highest BCUT2D eigenvalue weighted by Gasteiger charge is 2.17.